The molecule has 0 spiro atoms. The molecule has 1 aromatic carbocycles. The molecule has 1 rings (SSSR count). The number of carbonyl (C=O) groups excluding carboxylic acids is 1. The minimum atomic E-state index is -0.0150. The first-order valence-electron chi connectivity index (χ1n) is 4.88. The number of carbonyl (C=O) groups is 1. The lowest BCUT2D eigenvalue weighted by Crippen LogP contribution is -2.26. The highest BCUT2D eigenvalue weighted by molar-refractivity contribution is 14.1. The van der Waals surface area contributed by atoms with Gasteiger partial charge in [-0.2, -0.15) is 0 Å². The van der Waals surface area contributed by atoms with Gasteiger partial charge in [0.25, 0.3) is 5.91 Å². The highest BCUT2D eigenvalue weighted by Gasteiger charge is 2.09. The zero-order valence-electron chi connectivity index (χ0n) is 8.77. The summed E-state index contributed by atoms with van der Waals surface area (Å²) < 4.78 is 1.89. The number of hydrogen-bond donors (Lipinski definition) is 1. The van der Waals surface area contributed by atoms with Crippen LogP contribution in [-0.2, 0) is 0 Å². The molecule has 0 heterocycles. The van der Waals surface area contributed by atoms with Crippen LogP contribution < -0.4 is 5.32 Å². The predicted octanol–water partition coefficient (Wildman–Crippen LogP) is 3.96. The minimum absolute atomic E-state index is 0.0150. The van der Waals surface area contributed by atoms with Gasteiger partial charge in [-0.05, 0) is 47.2 Å². The number of rotatable bonds is 4. The molecule has 1 unspecified atom stereocenters. The van der Waals surface area contributed by atoms with E-state index in [2.05, 4.69) is 66.7 Å². The second-order valence-corrected chi connectivity index (χ2v) is 7.09. The van der Waals surface area contributed by atoms with Crippen molar-refractivity contribution in [2.45, 2.75) is 18.2 Å². The molecule has 1 N–H and O–H groups in total. The summed E-state index contributed by atoms with van der Waals surface area (Å²) in [5.41, 5.74) is 0.720. The molecule has 1 aromatic rings. The normalized spacial score (nSPS) is 12.2. The van der Waals surface area contributed by atoms with Gasteiger partial charge in [0.1, 0.15) is 0 Å². The zero-order valence-corrected chi connectivity index (χ0v) is 14.1. The van der Waals surface area contributed by atoms with Crippen molar-refractivity contribution in [3.8, 4) is 0 Å². The van der Waals surface area contributed by atoms with E-state index in [9.17, 15) is 4.79 Å². The highest BCUT2D eigenvalue weighted by Crippen LogP contribution is 2.18. The van der Waals surface area contributed by atoms with E-state index >= 15 is 0 Å². The van der Waals surface area contributed by atoms with Gasteiger partial charge in [0.2, 0.25) is 0 Å². The molecule has 88 valence electrons. The minimum Gasteiger partial charge on any atom is -0.352 e. The molecule has 0 aliphatic rings. The molecule has 5 heteroatoms. The van der Waals surface area contributed by atoms with Gasteiger partial charge in [0.05, 0.1) is 5.56 Å². The maximum atomic E-state index is 11.8. The molecule has 16 heavy (non-hydrogen) atoms. The van der Waals surface area contributed by atoms with Crippen LogP contribution in [0.25, 0.3) is 0 Å². The molecule has 0 saturated carbocycles. The van der Waals surface area contributed by atoms with Crippen molar-refractivity contribution in [2.24, 2.45) is 0 Å². The number of halogens is 3. The highest BCUT2D eigenvalue weighted by atomic mass is 127. The van der Waals surface area contributed by atoms with E-state index in [1.165, 1.54) is 0 Å². The van der Waals surface area contributed by atoms with Crippen molar-refractivity contribution < 1.29 is 4.79 Å². The number of benzene rings is 1. The number of amides is 1. The largest absolute Gasteiger partial charge is 0.352 e. The maximum Gasteiger partial charge on any atom is 0.252 e. The van der Waals surface area contributed by atoms with Crippen molar-refractivity contribution in [2.75, 3.05) is 6.54 Å². The standard InChI is InChI=1S/C11H12Br2INO/c1-7(12)4-5-15-11(16)9-6-8(13)2-3-10(9)14/h2-3,6-7H,4-5H2,1H3,(H,15,16). The number of nitrogens with one attached hydrogen (secondary N) is 1. The first kappa shape index (κ1) is 14.4. The Hall–Kier alpha value is 0.380. The average Bonchev–Trinajstić information content (AvgIpc) is 2.21. The smallest absolute Gasteiger partial charge is 0.252 e. The van der Waals surface area contributed by atoms with Crippen molar-refractivity contribution in [1.29, 1.82) is 0 Å². The Morgan fingerprint density at radius 2 is 2.25 bits per heavy atom. The summed E-state index contributed by atoms with van der Waals surface area (Å²) in [4.78, 5) is 12.3. The lowest BCUT2D eigenvalue weighted by Gasteiger charge is -2.08. The Balaban J connectivity index is 2.62. The van der Waals surface area contributed by atoms with E-state index in [0.717, 1.165) is 20.0 Å². The van der Waals surface area contributed by atoms with E-state index in [-0.39, 0.29) is 5.91 Å². The van der Waals surface area contributed by atoms with Crippen LogP contribution in [-0.4, -0.2) is 17.3 Å². The molecule has 2 nitrogen and oxygen atoms in total. The summed E-state index contributed by atoms with van der Waals surface area (Å²) in [5.74, 6) is -0.0150. The molecule has 0 aliphatic heterocycles. The van der Waals surface area contributed by atoms with Gasteiger partial charge >= 0.3 is 0 Å². The van der Waals surface area contributed by atoms with Gasteiger partial charge in [0.15, 0.2) is 0 Å². The van der Waals surface area contributed by atoms with E-state index in [0.29, 0.717) is 11.4 Å². The molecule has 1 atom stereocenters. The van der Waals surface area contributed by atoms with Crippen molar-refractivity contribution in [3.63, 3.8) is 0 Å². The number of alkyl halides is 1. The first-order valence-corrected chi connectivity index (χ1v) is 7.66. The Bertz CT molecular complexity index is 382. The summed E-state index contributed by atoms with van der Waals surface area (Å²) in [6.07, 6.45) is 0.927. The Kier molecular flexibility index (Phi) is 6.28. The lowest BCUT2D eigenvalue weighted by atomic mass is 10.2. The molecule has 0 radical (unpaired) electrons. The third kappa shape index (κ3) is 4.71. The van der Waals surface area contributed by atoms with Gasteiger partial charge in [-0.1, -0.05) is 38.8 Å². The SMILES string of the molecule is CC(Br)CCNC(=O)c1cc(Br)ccc1I. The van der Waals surface area contributed by atoms with Crippen LogP contribution in [0.15, 0.2) is 22.7 Å². The van der Waals surface area contributed by atoms with Crippen LogP contribution in [0, 0.1) is 3.57 Å². The van der Waals surface area contributed by atoms with Crippen LogP contribution >= 0.6 is 54.5 Å². The Morgan fingerprint density at radius 3 is 2.88 bits per heavy atom. The van der Waals surface area contributed by atoms with Crippen LogP contribution in [0.1, 0.15) is 23.7 Å². The van der Waals surface area contributed by atoms with Gasteiger partial charge in [0, 0.05) is 19.4 Å². The van der Waals surface area contributed by atoms with E-state index in [1.807, 2.05) is 18.2 Å². The summed E-state index contributed by atoms with van der Waals surface area (Å²) in [6, 6.07) is 5.69. The number of hydrogen-bond acceptors (Lipinski definition) is 1. The second-order valence-electron chi connectivity index (χ2n) is 3.45. The third-order valence-electron chi connectivity index (χ3n) is 2.00. The Labute approximate surface area is 126 Å². The summed E-state index contributed by atoms with van der Waals surface area (Å²) in [5, 5.41) is 2.90. The van der Waals surface area contributed by atoms with Gasteiger partial charge in [-0.3, -0.25) is 4.79 Å². The fourth-order valence-electron chi connectivity index (χ4n) is 1.15. The Morgan fingerprint density at radius 1 is 1.56 bits per heavy atom. The summed E-state index contributed by atoms with van der Waals surface area (Å²) >= 11 is 8.98. The van der Waals surface area contributed by atoms with Gasteiger partial charge in [-0.15, -0.1) is 0 Å². The third-order valence-corrected chi connectivity index (χ3v) is 3.89. The topological polar surface area (TPSA) is 29.1 Å². The summed E-state index contributed by atoms with van der Waals surface area (Å²) in [7, 11) is 0. The molecule has 0 bridgehead atoms. The van der Waals surface area contributed by atoms with Crippen LogP contribution in [0.5, 0.6) is 0 Å². The van der Waals surface area contributed by atoms with E-state index in [4.69, 9.17) is 0 Å². The molecule has 0 fully saturated rings. The van der Waals surface area contributed by atoms with Crippen molar-refractivity contribution >= 4 is 60.4 Å². The molecular weight excluding hydrogens is 449 g/mol. The summed E-state index contributed by atoms with van der Waals surface area (Å²) in [6.45, 7) is 2.75. The van der Waals surface area contributed by atoms with Crippen LogP contribution in [0.4, 0.5) is 0 Å². The fraction of sp³-hybridized carbons (Fsp3) is 0.364. The van der Waals surface area contributed by atoms with Gasteiger partial charge < -0.3 is 5.32 Å². The predicted molar refractivity (Wildman–Crippen MR) is 82.2 cm³/mol. The lowest BCUT2D eigenvalue weighted by molar-refractivity contribution is 0.0952. The molecule has 0 saturated heterocycles. The average molecular weight is 461 g/mol. The van der Waals surface area contributed by atoms with Crippen molar-refractivity contribution in [3.05, 3.63) is 31.8 Å². The van der Waals surface area contributed by atoms with E-state index in [1.54, 1.807) is 0 Å². The van der Waals surface area contributed by atoms with E-state index < -0.39 is 0 Å². The van der Waals surface area contributed by atoms with Crippen LogP contribution in [0.3, 0.4) is 0 Å². The molecule has 1 amide bonds. The first-order chi connectivity index (χ1) is 7.50. The molecular formula is C11H12Br2INO. The van der Waals surface area contributed by atoms with Crippen LogP contribution in [0.2, 0.25) is 0 Å². The quantitative estimate of drug-likeness (QED) is 0.535. The molecule has 0 aromatic heterocycles. The fourth-order valence-corrected chi connectivity index (χ4v) is 2.32. The van der Waals surface area contributed by atoms with Crippen molar-refractivity contribution in [1.82, 2.24) is 5.32 Å². The maximum absolute atomic E-state index is 11.8. The van der Waals surface area contributed by atoms with Gasteiger partial charge in [-0.25, -0.2) is 0 Å². The monoisotopic (exact) mass is 459 g/mol. The second kappa shape index (κ2) is 6.96. The zero-order chi connectivity index (χ0) is 12.1. The molecule has 0 aliphatic carbocycles.